The zero-order valence-electron chi connectivity index (χ0n) is 22.7. The molecule has 6 aromatic rings. The Labute approximate surface area is 245 Å². The number of carbonyl (C=O) groups excluding carboxylic acids is 2. The monoisotopic (exact) mass is 575 g/mol. The maximum atomic E-state index is 13.6. The molecule has 0 aliphatic carbocycles. The summed E-state index contributed by atoms with van der Waals surface area (Å²) in [5.41, 5.74) is 4.59. The molecule has 0 atom stereocenters. The molecular formula is C33H26FN5O2S. The van der Waals surface area contributed by atoms with Crippen LogP contribution in [0.1, 0.15) is 25.6 Å². The van der Waals surface area contributed by atoms with Crippen LogP contribution in [0, 0.1) is 5.95 Å². The third-order valence-corrected chi connectivity index (χ3v) is 8.11. The number of imidazole rings is 1. The minimum atomic E-state index is -0.575. The van der Waals surface area contributed by atoms with E-state index >= 15 is 0 Å². The van der Waals surface area contributed by atoms with Crippen molar-refractivity contribution in [3.8, 4) is 10.4 Å². The molecule has 42 heavy (non-hydrogen) atoms. The van der Waals surface area contributed by atoms with E-state index in [0.29, 0.717) is 39.7 Å². The van der Waals surface area contributed by atoms with Gasteiger partial charge in [0.15, 0.2) is 0 Å². The number of nitrogens with zero attached hydrogens (tertiary/aromatic N) is 4. The third kappa shape index (κ3) is 5.68. The summed E-state index contributed by atoms with van der Waals surface area (Å²) in [7, 11) is 1.73. The second-order valence-electron chi connectivity index (χ2n) is 9.71. The molecule has 3 heterocycles. The van der Waals surface area contributed by atoms with Gasteiger partial charge in [-0.25, -0.2) is 9.97 Å². The number of aromatic nitrogens is 3. The number of nitrogens with one attached hydrogen (secondary N) is 1. The molecule has 1 N–H and O–H groups in total. The van der Waals surface area contributed by atoms with Gasteiger partial charge in [-0.15, -0.1) is 11.3 Å². The number of pyridine rings is 1. The quantitative estimate of drug-likeness (QED) is 0.197. The first-order valence-corrected chi connectivity index (χ1v) is 14.2. The van der Waals surface area contributed by atoms with Crippen LogP contribution in [0.4, 0.5) is 16.0 Å². The number of fused-ring (bicyclic) bond motifs is 1. The molecule has 6 rings (SSSR count). The number of thiophene rings is 1. The lowest BCUT2D eigenvalue weighted by Crippen LogP contribution is -2.26. The van der Waals surface area contributed by atoms with Crippen LogP contribution in [-0.4, -0.2) is 33.4 Å². The van der Waals surface area contributed by atoms with Crippen molar-refractivity contribution in [3.63, 3.8) is 0 Å². The van der Waals surface area contributed by atoms with Gasteiger partial charge < -0.3 is 9.47 Å². The number of anilines is 2. The maximum absolute atomic E-state index is 13.6. The Morgan fingerprint density at radius 3 is 2.45 bits per heavy atom. The number of halogens is 1. The molecule has 0 saturated carbocycles. The lowest BCUT2D eigenvalue weighted by molar-refractivity contribution is 0.0991. The molecule has 0 radical (unpaired) electrons. The van der Waals surface area contributed by atoms with Crippen LogP contribution in [0.5, 0.6) is 0 Å². The van der Waals surface area contributed by atoms with Crippen molar-refractivity contribution in [2.75, 3.05) is 17.3 Å². The van der Waals surface area contributed by atoms with Crippen LogP contribution in [0.15, 0.2) is 109 Å². The first kappa shape index (κ1) is 27.0. The zero-order chi connectivity index (χ0) is 29.1. The Bertz CT molecular complexity index is 1890. The van der Waals surface area contributed by atoms with Crippen LogP contribution in [0.2, 0.25) is 0 Å². The minimum absolute atomic E-state index is 0.130. The van der Waals surface area contributed by atoms with Crippen LogP contribution < -0.4 is 10.2 Å². The number of rotatable bonds is 8. The lowest BCUT2D eigenvalue weighted by atomic mass is 10.1. The van der Waals surface area contributed by atoms with E-state index in [1.807, 2.05) is 59.2 Å². The molecule has 0 aliphatic rings. The summed E-state index contributed by atoms with van der Waals surface area (Å²) in [4.78, 5) is 37.6. The minimum Gasteiger partial charge on any atom is -0.311 e. The lowest BCUT2D eigenvalue weighted by Gasteiger charge is -2.17. The summed E-state index contributed by atoms with van der Waals surface area (Å²) in [6.07, 6.45) is 2.14. The molecule has 2 amide bonds. The molecule has 7 nitrogen and oxygen atoms in total. The largest absolute Gasteiger partial charge is 0.311 e. The van der Waals surface area contributed by atoms with Crippen LogP contribution in [-0.2, 0) is 13.0 Å². The van der Waals surface area contributed by atoms with Crippen molar-refractivity contribution >= 4 is 45.8 Å². The fourth-order valence-corrected chi connectivity index (χ4v) is 5.66. The normalized spacial score (nSPS) is 11.0. The van der Waals surface area contributed by atoms with Gasteiger partial charge in [0.1, 0.15) is 0 Å². The van der Waals surface area contributed by atoms with Gasteiger partial charge in [0.25, 0.3) is 11.8 Å². The van der Waals surface area contributed by atoms with Gasteiger partial charge in [-0.3, -0.25) is 14.9 Å². The summed E-state index contributed by atoms with van der Waals surface area (Å²) < 4.78 is 15.6. The van der Waals surface area contributed by atoms with E-state index in [9.17, 15) is 14.0 Å². The van der Waals surface area contributed by atoms with Crippen molar-refractivity contribution in [1.82, 2.24) is 14.5 Å². The first-order chi connectivity index (χ1) is 20.5. The van der Waals surface area contributed by atoms with E-state index in [2.05, 4.69) is 22.4 Å². The maximum Gasteiger partial charge on any atom is 0.268 e. The number of amides is 2. The number of hydrogen-bond acceptors (Lipinski definition) is 5. The number of carbonyl (C=O) groups is 2. The van der Waals surface area contributed by atoms with Crippen molar-refractivity contribution < 1.29 is 14.0 Å². The molecule has 0 fully saturated rings. The van der Waals surface area contributed by atoms with Gasteiger partial charge in [-0.05, 0) is 66.1 Å². The highest BCUT2D eigenvalue weighted by atomic mass is 32.1. The van der Waals surface area contributed by atoms with Crippen molar-refractivity contribution in [3.05, 3.63) is 131 Å². The van der Waals surface area contributed by atoms with E-state index in [1.54, 1.807) is 42.3 Å². The van der Waals surface area contributed by atoms with E-state index in [4.69, 9.17) is 4.98 Å². The third-order valence-electron chi connectivity index (χ3n) is 6.98. The van der Waals surface area contributed by atoms with Crippen molar-refractivity contribution in [1.29, 1.82) is 0 Å². The predicted octanol–water partition coefficient (Wildman–Crippen LogP) is 7.07. The Balaban J connectivity index is 1.31. The molecule has 0 bridgehead atoms. The molecular weight excluding hydrogens is 549 g/mol. The van der Waals surface area contributed by atoms with E-state index in [-0.39, 0.29) is 11.8 Å². The summed E-state index contributed by atoms with van der Waals surface area (Å²) in [5.74, 6) is -0.609. The van der Waals surface area contributed by atoms with Crippen molar-refractivity contribution in [2.24, 2.45) is 0 Å². The molecule has 0 saturated heterocycles. The fraction of sp³-hybridized carbons (Fsp3) is 0.0909. The Morgan fingerprint density at radius 1 is 0.929 bits per heavy atom. The van der Waals surface area contributed by atoms with Gasteiger partial charge in [0.2, 0.25) is 11.9 Å². The SMILES string of the molecule is CN(C(=O)c1ccccc1)c1ccc2c(c1)nc(NC(=O)c1ccc(-c3ccnc(F)c3)s1)n2CCc1ccccc1. The second-order valence-corrected chi connectivity index (χ2v) is 10.8. The highest BCUT2D eigenvalue weighted by molar-refractivity contribution is 7.17. The van der Waals surface area contributed by atoms with Crippen molar-refractivity contribution in [2.45, 2.75) is 13.0 Å². The Kier molecular flexibility index (Phi) is 7.57. The van der Waals surface area contributed by atoms with Crippen LogP contribution in [0.3, 0.4) is 0 Å². The topological polar surface area (TPSA) is 80.1 Å². The van der Waals surface area contributed by atoms with Gasteiger partial charge >= 0.3 is 0 Å². The number of hydrogen-bond donors (Lipinski definition) is 1. The van der Waals surface area contributed by atoms with Gasteiger partial charge in [0.05, 0.1) is 15.9 Å². The molecule has 0 spiro atoms. The first-order valence-electron chi connectivity index (χ1n) is 13.4. The van der Waals surface area contributed by atoms with Crippen LogP contribution in [0.25, 0.3) is 21.5 Å². The number of benzene rings is 3. The Hall–Kier alpha value is -5.15. The standard InChI is InChI=1S/C33H26FN5O2S/c1-38(32(41)23-10-6-3-7-11-23)25-12-13-27-26(21-25)36-33(39(27)19-17-22-8-4-2-5-9-22)37-31(40)29-15-14-28(42-29)24-16-18-35-30(34)20-24/h2-16,18,20-21H,17,19H2,1H3,(H,36,37,40). The summed E-state index contributed by atoms with van der Waals surface area (Å²) in [6.45, 7) is 0.584. The molecule has 0 aliphatic heterocycles. The predicted molar refractivity (Wildman–Crippen MR) is 165 cm³/mol. The summed E-state index contributed by atoms with van der Waals surface area (Å²) >= 11 is 1.26. The summed E-state index contributed by atoms with van der Waals surface area (Å²) in [5, 5.41) is 2.98. The molecule has 0 unspecified atom stereocenters. The average molecular weight is 576 g/mol. The fourth-order valence-electron chi connectivity index (χ4n) is 4.76. The van der Waals surface area contributed by atoms with E-state index in [0.717, 1.165) is 22.4 Å². The molecule has 3 aromatic carbocycles. The highest BCUT2D eigenvalue weighted by Gasteiger charge is 2.19. The molecule has 3 aromatic heterocycles. The zero-order valence-corrected chi connectivity index (χ0v) is 23.5. The summed E-state index contributed by atoms with van der Waals surface area (Å²) in [6, 6.07) is 31.4. The Morgan fingerprint density at radius 2 is 1.69 bits per heavy atom. The van der Waals surface area contributed by atoms with Gasteiger partial charge in [0, 0.05) is 42.0 Å². The smallest absolute Gasteiger partial charge is 0.268 e. The number of aryl methyl sites for hydroxylation is 2. The van der Waals surface area contributed by atoms with Gasteiger partial charge in [-0.1, -0.05) is 48.5 Å². The van der Waals surface area contributed by atoms with E-state index < -0.39 is 5.95 Å². The molecule has 208 valence electrons. The van der Waals surface area contributed by atoms with Crippen LogP contribution >= 0.6 is 11.3 Å². The average Bonchev–Trinajstić information content (AvgIpc) is 3.65. The second kappa shape index (κ2) is 11.8. The highest BCUT2D eigenvalue weighted by Crippen LogP contribution is 2.30. The molecule has 9 heteroatoms. The van der Waals surface area contributed by atoms with E-state index in [1.165, 1.54) is 23.6 Å². The van der Waals surface area contributed by atoms with Gasteiger partial charge in [-0.2, -0.15) is 4.39 Å².